The monoisotopic (exact) mass is 429 g/mol. The number of rotatable bonds is 9. The largest absolute Gasteiger partial charge is 0.378 e. The lowest BCUT2D eigenvalue weighted by Gasteiger charge is -2.21. The number of nitrogens with zero attached hydrogens (tertiary/aromatic N) is 1. The molecule has 0 radical (unpaired) electrons. The molecule has 0 aromatic carbocycles. The highest BCUT2D eigenvalue weighted by molar-refractivity contribution is 14.0. The summed E-state index contributed by atoms with van der Waals surface area (Å²) >= 11 is 1.84. The number of nitrogens with one attached hydrogen (secondary N) is 2. The summed E-state index contributed by atoms with van der Waals surface area (Å²) < 4.78 is 5.91. The van der Waals surface area contributed by atoms with Crippen molar-refractivity contribution >= 4 is 41.7 Å². The number of ether oxygens (including phenoxy) is 1. The van der Waals surface area contributed by atoms with Crippen molar-refractivity contribution in [3.8, 4) is 0 Å². The maximum absolute atomic E-state index is 5.91. The first-order valence-electron chi connectivity index (χ1n) is 7.99. The van der Waals surface area contributed by atoms with Crippen molar-refractivity contribution in [2.24, 2.45) is 4.99 Å². The maximum atomic E-state index is 5.91. The molecule has 0 aliphatic heterocycles. The minimum atomic E-state index is 0. The minimum absolute atomic E-state index is 0. The molecule has 1 aliphatic rings. The summed E-state index contributed by atoms with van der Waals surface area (Å²) in [6, 6.07) is 0. The Morgan fingerprint density at radius 3 is 2.67 bits per heavy atom. The summed E-state index contributed by atoms with van der Waals surface area (Å²) in [5, 5.41) is 6.61. The van der Waals surface area contributed by atoms with Gasteiger partial charge in [0.05, 0.1) is 6.10 Å². The van der Waals surface area contributed by atoms with Gasteiger partial charge < -0.3 is 15.4 Å². The van der Waals surface area contributed by atoms with Gasteiger partial charge in [0.15, 0.2) is 5.96 Å². The van der Waals surface area contributed by atoms with E-state index in [1.165, 1.54) is 32.1 Å². The van der Waals surface area contributed by atoms with Gasteiger partial charge in [-0.15, -0.1) is 24.0 Å². The summed E-state index contributed by atoms with van der Waals surface area (Å²) in [4.78, 5) is 4.57. The normalized spacial score (nSPS) is 16.4. The molecule has 0 amide bonds. The van der Waals surface area contributed by atoms with E-state index in [0.29, 0.717) is 6.10 Å². The smallest absolute Gasteiger partial charge is 0.191 e. The second kappa shape index (κ2) is 15.2. The Bertz CT molecular complexity index is 261. The summed E-state index contributed by atoms with van der Waals surface area (Å²) in [6.07, 6.45) is 10.2. The molecule has 1 saturated carbocycles. The molecule has 6 heteroatoms. The van der Waals surface area contributed by atoms with Crippen molar-refractivity contribution < 1.29 is 4.74 Å². The second-order valence-electron chi connectivity index (χ2n) is 5.16. The van der Waals surface area contributed by atoms with Crippen LogP contribution in [0.15, 0.2) is 4.99 Å². The molecular formula is C15H32IN3OS. The fourth-order valence-electron chi connectivity index (χ4n) is 2.35. The summed E-state index contributed by atoms with van der Waals surface area (Å²) in [6.45, 7) is 5.65. The summed E-state index contributed by atoms with van der Waals surface area (Å²) in [5.74, 6) is 2.04. The fraction of sp³-hybridized carbons (Fsp3) is 0.933. The van der Waals surface area contributed by atoms with Crippen molar-refractivity contribution in [1.82, 2.24) is 10.6 Å². The molecule has 0 heterocycles. The van der Waals surface area contributed by atoms with E-state index in [4.69, 9.17) is 4.74 Å². The summed E-state index contributed by atoms with van der Waals surface area (Å²) in [5.41, 5.74) is 0. The predicted octanol–water partition coefficient (Wildman–Crippen LogP) is 3.26. The number of guanidine groups is 1. The lowest BCUT2D eigenvalue weighted by molar-refractivity contribution is 0.0281. The number of thioether (sulfide) groups is 1. The van der Waals surface area contributed by atoms with Crippen LogP contribution in [-0.2, 0) is 4.74 Å². The van der Waals surface area contributed by atoms with Crippen LogP contribution in [0.1, 0.15) is 45.4 Å². The Kier molecular flexibility index (Phi) is 15.4. The molecule has 0 saturated heterocycles. The lowest BCUT2D eigenvalue weighted by atomic mass is 9.98. The zero-order valence-corrected chi connectivity index (χ0v) is 16.7. The topological polar surface area (TPSA) is 45.7 Å². The van der Waals surface area contributed by atoms with E-state index in [2.05, 4.69) is 28.8 Å². The number of aliphatic imine (C=N–C) groups is 1. The van der Waals surface area contributed by atoms with Crippen molar-refractivity contribution in [2.45, 2.75) is 51.6 Å². The predicted molar refractivity (Wildman–Crippen MR) is 105 cm³/mol. The maximum Gasteiger partial charge on any atom is 0.191 e. The van der Waals surface area contributed by atoms with Gasteiger partial charge in [-0.2, -0.15) is 11.8 Å². The van der Waals surface area contributed by atoms with Crippen LogP contribution in [0.4, 0.5) is 0 Å². The Balaban J connectivity index is 0.00000400. The van der Waals surface area contributed by atoms with E-state index in [0.717, 1.165) is 44.4 Å². The first-order valence-corrected chi connectivity index (χ1v) is 9.39. The van der Waals surface area contributed by atoms with Gasteiger partial charge in [0.1, 0.15) is 0 Å². The van der Waals surface area contributed by atoms with E-state index in [-0.39, 0.29) is 24.0 Å². The van der Waals surface area contributed by atoms with Crippen LogP contribution in [0.2, 0.25) is 0 Å². The van der Waals surface area contributed by atoms with Gasteiger partial charge in [-0.1, -0.05) is 19.3 Å². The highest BCUT2D eigenvalue weighted by Gasteiger charge is 2.12. The van der Waals surface area contributed by atoms with E-state index >= 15 is 0 Å². The molecule has 1 fully saturated rings. The van der Waals surface area contributed by atoms with E-state index in [1.807, 2.05) is 11.8 Å². The van der Waals surface area contributed by atoms with Crippen molar-refractivity contribution in [3.05, 3.63) is 0 Å². The van der Waals surface area contributed by atoms with Gasteiger partial charge in [0, 0.05) is 32.0 Å². The Morgan fingerprint density at radius 1 is 1.24 bits per heavy atom. The molecule has 0 bridgehead atoms. The quantitative estimate of drug-likeness (QED) is 0.256. The van der Waals surface area contributed by atoms with Gasteiger partial charge >= 0.3 is 0 Å². The van der Waals surface area contributed by atoms with E-state index in [9.17, 15) is 0 Å². The number of hydrogen-bond acceptors (Lipinski definition) is 3. The molecule has 2 N–H and O–H groups in total. The van der Waals surface area contributed by atoms with Crippen LogP contribution in [-0.4, -0.2) is 50.3 Å². The van der Waals surface area contributed by atoms with Crippen molar-refractivity contribution in [1.29, 1.82) is 0 Å². The highest BCUT2D eigenvalue weighted by Crippen LogP contribution is 2.20. The van der Waals surface area contributed by atoms with Crippen molar-refractivity contribution in [3.63, 3.8) is 0 Å². The van der Waals surface area contributed by atoms with Gasteiger partial charge in [-0.05, 0) is 32.4 Å². The van der Waals surface area contributed by atoms with Crippen LogP contribution >= 0.6 is 35.7 Å². The summed E-state index contributed by atoms with van der Waals surface area (Å²) in [7, 11) is 0. The first kappa shape index (κ1) is 21.3. The van der Waals surface area contributed by atoms with Gasteiger partial charge in [-0.25, -0.2) is 0 Å². The third-order valence-electron chi connectivity index (χ3n) is 3.42. The Labute approximate surface area is 151 Å². The minimum Gasteiger partial charge on any atom is -0.378 e. The number of halogens is 1. The van der Waals surface area contributed by atoms with Crippen LogP contribution in [0.5, 0.6) is 0 Å². The molecule has 1 aliphatic carbocycles. The highest BCUT2D eigenvalue weighted by atomic mass is 127. The molecule has 4 nitrogen and oxygen atoms in total. The molecule has 0 unspecified atom stereocenters. The third kappa shape index (κ3) is 11.5. The average molecular weight is 429 g/mol. The molecule has 0 aromatic heterocycles. The van der Waals surface area contributed by atoms with Gasteiger partial charge in [0.25, 0.3) is 0 Å². The Hall–Kier alpha value is 0.310. The zero-order chi connectivity index (χ0) is 14.5. The molecule has 0 spiro atoms. The Morgan fingerprint density at radius 2 is 2.00 bits per heavy atom. The standard InChI is InChI=1S/C15H31N3OS.HI/c1-3-16-15(18-11-13-20-2)17-10-7-12-19-14-8-5-4-6-9-14;/h14H,3-13H2,1-2H3,(H2,16,17,18);1H. The van der Waals surface area contributed by atoms with Crippen LogP contribution in [0, 0.1) is 0 Å². The third-order valence-corrected chi connectivity index (χ3v) is 4.03. The van der Waals surface area contributed by atoms with E-state index < -0.39 is 0 Å². The average Bonchev–Trinajstić information content (AvgIpc) is 2.48. The molecule has 21 heavy (non-hydrogen) atoms. The molecular weight excluding hydrogens is 397 g/mol. The van der Waals surface area contributed by atoms with Gasteiger partial charge in [-0.3, -0.25) is 4.99 Å². The SMILES string of the molecule is CCNC(=NCCCOC1CCCCC1)NCCSC.I. The van der Waals surface area contributed by atoms with Crippen molar-refractivity contribution in [2.75, 3.05) is 38.2 Å². The fourth-order valence-corrected chi connectivity index (χ4v) is 2.66. The lowest BCUT2D eigenvalue weighted by Crippen LogP contribution is -2.38. The second-order valence-corrected chi connectivity index (χ2v) is 6.15. The molecule has 126 valence electrons. The molecule has 0 atom stereocenters. The number of hydrogen-bond donors (Lipinski definition) is 2. The molecule has 1 rings (SSSR count). The molecule has 0 aromatic rings. The van der Waals surface area contributed by atoms with Crippen LogP contribution in [0.25, 0.3) is 0 Å². The van der Waals surface area contributed by atoms with Crippen LogP contribution < -0.4 is 10.6 Å². The van der Waals surface area contributed by atoms with Gasteiger partial charge in [0.2, 0.25) is 0 Å². The van der Waals surface area contributed by atoms with Crippen LogP contribution in [0.3, 0.4) is 0 Å². The zero-order valence-electron chi connectivity index (χ0n) is 13.5. The first-order chi connectivity index (χ1) is 9.86. The van der Waals surface area contributed by atoms with E-state index in [1.54, 1.807) is 0 Å².